The summed E-state index contributed by atoms with van der Waals surface area (Å²) in [5.41, 5.74) is 0. The Morgan fingerprint density at radius 3 is 2.50 bits per heavy atom. The molecule has 0 aliphatic rings. The molecule has 0 radical (unpaired) electrons. The molecule has 10 heavy (non-hydrogen) atoms. The van der Waals surface area contributed by atoms with E-state index < -0.39 is 0 Å². The van der Waals surface area contributed by atoms with Crippen molar-refractivity contribution >= 4 is 6.41 Å². The van der Waals surface area contributed by atoms with Gasteiger partial charge in [-0.3, -0.25) is 4.79 Å². The molecule has 0 aliphatic heterocycles. The first-order valence-electron chi connectivity index (χ1n) is 3.42. The van der Waals surface area contributed by atoms with Gasteiger partial charge in [-0.25, -0.2) is 0 Å². The molecular formula is C7H15NO2. The highest BCUT2D eigenvalue weighted by Crippen LogP contribution is 1.92. The summed E-state index contributed by atoms with van der Waals surface area (Å²) in [6.45, 7) is 5.24. The predicted octanol–water partition coefficient (Wildman–Crippen LogP) is 0.500. The maximum atomic E-state index is 10.3. The monoisotopic (exact) mass is 145 g/mol. The lowest BCUT2D eigenvalue weighted by Gasteiger charge is -2.20. The van der Waals surface area contributed by atoms with E-state index in [0.29, 0.717) is 13.2 Å². The molecule has 0 spiro atoms. The molecule has 0 rings (SSSR count). The molecule has 0 bridgehead atoms. The normalized spacial score (nSPS) is 10.0. The van der Waals surface area contributed by atoms with E-state index in [2.05, 4.69) is 0 Å². The minimum Gasteiger partial charge on any atom is -0.383 e. The smallest absolute Gasteiger partial charge is 0.210 e. The number of carbonyl (C=O) groups excluding carboxylic acids is 1. The minimum absolute atomic E-state index is 0.271. The maximum Gasteiger partial charge on any atom is 0.210 e. The summed E-state index contributed by atoms with van der Waals surface area (Å²) in [5, 5.41) is 0. The van der Waals surface area contributed by atoms with Crippen LogP contribution in [0.3, 0.4) is 0 Å². The number of ether oxygens (including phenoxy) is 1. The quantitative estimate of drug-likeness (QED) is 0.527. The van der Waals surface area contributed by atoms with Crippen molar-refractivity contribution in [3.8, 4) is 0 Å². The lowest BCUT2D eigenvalue weighted by molar-refractivity contribution is -0.120. The zero-order valence-corrected chi connectivity index (χ0v) is 6.83. The largest absolute Gasteiger partial charge is 0.383 e. The van der Waals surface area contributed by atoms with Crippen LogP contribution < -0.4 is 0 Å². The highest BCUT2D eigenvalue weighted by atomic mass is 16.5. The van der Waals surface area contributed by atoms with Gasteiger partial charge in [0.2, 0.25) is 6.41 Å². The zero-order valence-electron chi connectivity index (χ0n) is 6.83. The van der Waals surface area contributed by atoms with Crippen LogP contribution in [-0.2, 0) is 9.53 Å². The molecule has 0 aromatic rings. The van der Waals surface area contributed by atoms with E-state index in [-0.39, 0.29) is 6.04 Å². The summed E-state index contributed by atoms with van der Waals surface area (Å²) in [6.07, 6.45) is 0.851. The average Bonchev–Trinajstić information content (AvgIpc) is 1.89. The fourth-order valence-electron chi connectivity index (χ4n) is 0.629. The van der Waals surface area contributed by atoms with E-state index in [4.69, 9.17) is 4.74 Å². The highest BCUT2D eigenvalue weighted by molar-refractivity contribution is 5.47. The summed E-state index contributed by atoms with van der Waals surface area (Å²) < 4.78 is 4.82. The molecule has 3 nitrogen and oxygen atoms in total. The topological polar surface area (TPSA) is 29.5 Å². The molecule has 0 aromatic carbocycles. The van der Waals surface area contributed by atoms with Crippen LogP contribution in [0.4, 0.5) is 0 Å². The lowest BCUT2D eigenvalue weighted by Crippen LogP contribution is -2.32. The molecule has 1 amide bonds. The summed E-state index contributed by atoms with van der Waals surface area (Å²) in [7, 11) is 1.63. The van der Waals surface area contributed by atoms with E-state index in [9.17, 15) is 4.79 Å². The van der Waals surface area contributed by atoms with Crippen molar-refractivity contribution in [2.45, 2.75) is 19.9 Å². The van der Waals surface area contributed by atoms with Crippen LogP contribution in [0.25, 0.3) is 0 Å². The highest BCUT2D eigenvalue weighted by Gasteiger charge is 2.03. The van der Waals surface area contributed by atoms with Crippen molar-refractivity contribution in [3.05, 3.63) is 0 Å². The van der Waals surface area contributed by atoms with Gasteiger partial charge in [-0.05, 0) is 13.8 Å². The first-order chi connectivity index (χ1) is 4.72. The van der Waals surface area contributed by atoms with E-state index >= 15 is 0 Å². The van der Waals surface area contributed by atoms with Gasteiger partial charge in [-0.2, -0.15) is 0 Å². The lowest BCUT2D eigenvalue weighted by atomic mass is 10.3. The Balaban J connectivity index is 3.50. The van der Waals surface area contributed by atoms with E-state index in [1.54, 1.807) is 12.0 Å². The molecule has 0 atom stereocenters. The fourth-order valence-corrected chi connectivity index (χ4v) is 0.629. The Kier molecular flexibility index (Phi) is 4.94. The number of methoxy groups -OCH3 is 1. The maximum absolute atomic E-state index is 10.3. The second-order valence-corrected chi connectivity index (χ2v) is 2.43. The first-order valence-corrected chi connectivity index (χ1v) is 3.42. The molecule has 0 saturated heterocycles. The van der Waals surface area contributed by atoms with Crippen molar-refractivity contribution in [1.29, 1.82) is 0 Å². The summed E-state index contributed by atoms with van der Waals surface area (Å²) in [4.78, 5) is 12.0. The van der Waals surface area contributed by atoms with Gasteiger partial charge < -0.3 is 9.64 Å². The van der Waals surface area contributed by atoms with E-state index in [1.165, 1.54) is 0 Å². The molecule has 0 heterocycles. The van der Waals surface area contributed by atoms with Crippen LogP contribution in [0.2, 0.25) is 0 Å². The van der Waals surface area contributed by atoms with Gasteiger partial charge in [-0.15, -0.1) is 0 Å². The Bertz CT molecular complexity index is 93.6. The number of nitrogens with zero attached hydrogens (tertiary/aromatic N) is 1. The molecule has 0 saturated carbocycles. The number of hydrogen-bond donors (Lipinski definition) is 0. The van der Waals surface area contributed by atoms with Gasteiger partial charge >= 0.3 is 0 Å². The van der Waals surface area contributed by atoms with Crippen LogP contribution in [0, 0.1) is 0 Å². The second-order valence-electron chi connectivity index (χ2n) is 2.43. The standard InChI is InChI=1S/C7H15NO2/c1-7(2)8(6-9)4-5-10-3/h6-7H,4-5H2,1-3H3. The first kappa shape index (κ1) is 9.43. The van der Waals surface area contributed by atoms with Crippen LogP contribution in [0.1, 0.15) is 13.8 Å². The molecule has 0 N–H and O–H groups in total. The van der Waals surface area contributed by atoms with Gasteiger partial charge in [0, 0.05) is 19.7 Å². The van der Waals surface area contributed by atoms with Crippen molar-refractivity contribution in [2.24, 2.45) is 0 Å². The third-order valence-electron chi connectivity index (χ3n) is 1.35. The average molecular weight is 145 g/mol. The molecule has 0 aromatic heterocycles. The SMILES string of the molecule is COCCN(C=O)C(C)C. The Morgan fingerprint density at radius 1 is 1.60 bits per heavy atom. The molecule has 60 valence electrons. The fraction of sp³-hybridized carbons (Fsp3) is 0.857. The zero-order chi connectivity index (χ0) is 7.98. The summed E-state index contributed by atoms with van der Waals surface area (Å²) in [6, 6.07) is 0.271. The Labute approximate surface area is 62.0 Å². The number of amides is 1. The predicted molar refractivity (Wildman–Crippen MR) is 39.8 cm³/mol. The van der Waals surface area contributed by atoms with Crippen molar-refractivity contribution in [2.75, 3.05) is 20.3 Å². The molecule has 0 aliphatic carbocycles. The van der Waals surface area contributed by atoms with Crippen LogP contribution >= 0.6 is 0 Å². The van der Waals surface area contributed by atoms with Gasteiger partial charge in [0.1, 0.15) is 0 Å². The van der Waals surface area contributed by atoms with Crippen molar-refractivity contribution in [1.82, 2.24) is 4.90 Å². The van der Waals surface area contributed by atoms with Crippen LogP contribution in [-0.4, -0.2) is 37.6 Å². The second kappa shape index (κ2) is 5.23. The van der Waals surface area contributed by atoms with Crippen molar-refractivity contribution < 1.29 is 9.53 Å². The summed E-state index contributed by atoms with van der Waals surface area (Å²) >= 11 is 0. The Hall–Kier alpha value is -0.570. The van der Waals surface area contributed by atoms with Crippen LogP contribution in [0.15, 0.2) is 0 Å². The minimum atomic E-state index is 0.271. The van der Waals surface area contributed by atoms with Gasteiger partial charge in [0.05, 0.1) is 6.61 Å². The molecule has 0 unspecified atom stereocenters. The number of rotatable bonds is 5. The summed E-state index contributed by atoms with van der Waals surface area (Å²) in [5.74, 6) is 0. The van der Waals surface area contributed by atoms with Gasteiger partial charge in [-0.1, -0.05) is 0 Å². The Morgan fingerprint density at radius 2 is 2.20 bits per heavy atom. The third kappa shape index (κ3) is 3.45. The van der Waals surface area contributed by atoms with E-state index in [0.717, 1.165) is 6.41 Å². The molecular weight excluding hydrogens is 130 g/mol. The van der Waals surface area contributed by atoms with Gasteiger partial charge in [0.25, 0.3) is 0 Å². The van der Waals surface area contributed by atoms with Crippen molar-refractivity contribution in [3.63, 3.8) is 0 Å². The van der Waals surface area contributed by atoms with E-state index in [1.807, 2.05) is 13.8 Å². The molecule has 0 fully saturated rings. The van der Waals surface area contributed by atoms with Crippen LogP contribution in [0.5, 0.6) is 0 Å². The molecule has 3 heteroatoms. The van der Waals surface area contributed by atoms with Gasteiger partial charge in [0.15, 0.2) is 0 Å². The number of carbonyl (C=O) groups is 1. The third-order valence-corrected chi connectivity index (χ3v) is 1.35. The number of hydrogen-bond acceptors (Lipinski definition) is 2.